The van der Waals surface area contributed by atoms with Crippen LogP contribution in [0.5, 0.6) is 0 Å². The van der Waals surface area contributed by atoms with Gasteiger partial charge in [0.05, 0.1) is 0 Å². The van der Waals surface area contributed by atoms with Crippen LogP contribution < -0.4 is 0 Å². The third-order valence-corrected chi connectivity index (χ3v) is 3.55. The zero-order chi connectivity index (χ0) is 9.53. The Kier molecular flexibility index (Phi) is 2.16. The molecule has 0 bridgehead atoms. The van der Waals surface area contributed by atoms with E-state index in [2.05, 4.69) is 18.7 Å². The molecule has 0 radical (unpaired) electrons. The van der Waals surface area contributed by atoms with Crippen molar-refractivity contribution in [3.05, 3.63) is 0 Å². The van der Waals surface area contributed by atoms with Crippen LogP contribution in [0.3, 0.4) is 0 Å². The maximum absolute atomic E-state index is 9.17. The summed E-state index contributed by atoms with van der Waals surface area (Å²) in [5.41, 5.74) is 0.811. The minimum absolute atomic E-state index is 0.0838. The quantitative estimate of drug-likeness (QED) is 0.716. The molecule has 1 spiro atoms. The molecular weight excluding hydrogens is 162 g/mol. The van der Waals surface area contributed by atoms with E-state index in [0.29, 0.717) is 6.61 Å². The largest absolute Gasteiger partial charge is 0.396 e. The zero-order valence-electron chi connectivity index (χ0n) is 8.84. The van der Waals surface area contributed by atoms with E-state index in [4.69, 9.17) is 0 Å². The van der Waals surface area contributed by atoms with Crippen LogP contribution in [0.1, 0.15) is 33.1 Å². The van der Waals surface area contributed by atoms with E-state index >= 15 is 0 Å². The molecule has 2 fully saturated rings. The number of hydrogen-bond donors (Lipinski definition) is 1. The van der Waals surface area contributed by atoms with E-state index in [1.807, 2.05) is 0 Å². The van der Waals surface area contributed by atoms with Crippen LogP contribution in [0.25, 0.3) is 0 Å². The number of nitrogens with zero attached hydrogens (tertiary/aromatic N) is 1. The van der Waals surface area contributed by atoms with Gasteiger partial charge in [-0.1, -0.05) is 13.8 Å². The van der Waals surface area contributed by atoms with E-state index in [1.165, 1.54) is 32.4 Å². The van der Waals surface area contributed by atoms with Crippen molar-refractivity contribution in [2.24, 2.45) is 10.8 Å². The summed E-state index contributed by atoms with van der Waals surface area (Å²) >= 11 is 0. The Balaban J connectivity index is 1.83. The van der Waals surface area contributed by atoms with Crippen LogP contribution in [0.2, 0.25) is 0 Å². The Hall–Kier alpha value is -0.0800. The van der Waals surface area contributed by atoms with E-state index in [0.717, 1.165) is 12.0 Å². The van der Waals surface area contributed by atoms with Crippen LogP contribution in [0, 0.1) is 10.8 Å². The Labute approximate surface area is 80.9 Å². The molecular formula is C11H21NO. The summed E-state index contributed by atoms with van der Waals surface area (Å²) in [6.07, 6.45) is 4.29. The summed E-state index contributed by atoms with van der Waals surface area (Å²) in [6, 6.07) is 0. The van der Waals surface area contributed by atoms with Gasteiger partial charge in [0.25, 0.3) is 0 Å². The van der Waals surface area contributed by atoms with Crippen LogP contribution >= 0.6 is 0 Å². The standard InChI is InChI=1S/C11H21NO/c1-10(2,9-13)7-12-6-5-11(8-12)3-4-11/h13H,3-9H2,1-2H3. The highest BCUT2D eigenvalue weighted by molar-refractivity contribution is 5.00. The molecule has 76 valence electrons. The van der Waals surface area contributed by atoms with Crippen LogP contribution in [-0.2, 0) is 0 Å². The van der Waals surface area contributed by atoms with Crippen molar-refractivity contribution in [3.8, 4) is 0 Å². The topological polar surface area (TPSA) is 23.5 Å². The molecule has 0 atom stereocenters. The van der Waals surface area contributed by atoms with E-state index in [9.17, 15) is 5.11 Å². The van der Waals surface area contributed by atoms with Gasteiger partial charge in [-0.05, 0) is 31.2 Å². The summed E-state index contributed by atoms with van der Waals surface area (Å²) in [5, 5.41) is 9.17. The highest BCUT2D eigenvalue weighted by atomic mass is 16.3. The third-order valence-electron chi connectivity index (χ3n) is 3.55. The fraction of sp³-hybridized carbons (Fsp3) is 1.00. The lowest BCUT2D eigenvalue weighted by Crippen LogP contribution is -2.35. The molecule has 0 aromatic rings. The van der Waals surface area contributed by atoms with E-state index < -0.39 is 0 Å². The maximum Gasteiger partial charge on any atom is 0.0494 e. The van der Waals surface area contributed by atoms with Gasteiger partial charge in [0.2, 0.25) is 0 Å². The maximum atomic E-state index is 9.17. The highest BCUT2D eigenvalue weighted by Crippen LogP contribution is 2.52. The van der Waals surface area contributed by atoms with Gasteiger partial charge in [-0.15, -0.1) is 0 Å². The van der Waals surface area contributed by atoms with Gasteiger partial charge < -0.3 is 10.0 Å². The average molecular weight is 183 g/mol. The number of hydrogen-bond acceptors (Lipinski definition) is 2. The lowest BCUT2D eigenvalue weighted by Gasteiger charge is -2.28. The highest BCUT2D eigenvalue weighted by Gasteiger charge is 2.47. The molecule has 1 aliphatic heterocycles. The number of aliphatic hydroxyl groups excluding tert-OH is 1. The Morgan fingerprint density at radius 1 is 1.31 bits per heavy atom. The number of rotatable bonds is 3. The monoisotopic (exact) mass is 183 g/mol. The molecule has 0 amide bonds. The molecule has 2 heteroatoms. The lowest BCUT2D eigenvalue weighted by molar-refractivity contribution is 0.112. The lowest BCUT2D eigenvalue weighted by atomic mass is 9.94. The first-order valence-corrected chi connectivity index (χ1v) is 5.39. The first kappa shape index (κ1) is 9.47. The smallest absolute Gasteiger partial charge is 0.0494 e. The second-order valence-electron chi connectivity index (χ2n) is 5.78. The van der Waals surface area contributed by atoms with Gasteiger partial charge in [-0.2, -0.15) is 0 Å². The van der Waals surface area contributed by atoms with Crippen LogP contribution in [0.15, 0.2) is 0 Å². The molecule has 0 aromatic carbocycles. The van der Waals surface area contributed by atoms with Crippen molar-refractivity contribution < 1.29 is 5.11 Å². The predicted octanol–water partition coefficient (Wildman–Crippen LogP) is 1.49. The van der Waals surface area contributed by atoms with Crippen molar-refractivity contribution in [1.82, 2.24) is 4.90 Å². The molecule has 2 aliphatic rings. The van der Waals surface area contributed by atoms with Gasteiger partial charge in [-0.3, -0.25) is 0 Å². The Bertz CT molecular complexity index is 196. The Morgan fingerprint density at radius 2 is 2.00 bits per heavy atom. The minimum atomic E-state index is 0.0838. The number of likely N-dealkylation sites (tertiary alicyclic amines) is 1. The summed E-state index contributed by atoms with van der Waals surface area (Å²) in [6.45, 7) is 8.19. The number of aliphatic hydroxyl groups is 1. The molecule has 1 heterocycles. The normalized spacial score (nSPS) is 27.0. The molecule has 13 heavy (non-hydrogen) atoms. The van der Waals surface area contributed by atoms with Crippen molar-refractivity contribution in [1.29, 1.82) is 0 Å². The molecule has 2 rings (SSSR count). The molecule has 1 N–H and O–H groups in total. The summed E-state index contributed by atoms with van der Waals surface area (Å²) in [5.74, 6) is 0. The molecule has 1 aliphatic carbocycles. The summed E-state index contributed by atoms with van der Waals surface area (Å²) in [7, 11) is 0. The first-order chi connectivity index (χ1) is 6.05. The van der Waals surface area contributed by atoms with E-state index in [-0.39, 0.29) is 5.41 Å². The van der Waals surface area contributed by atoms with Crippen LogP contribution in [0.4, 0.5) is 0 Å². The van der Waals surface area contributed by atoms with Gasteiger partial charge in [0, 0.05) is 25.1 Å². The minimum Gasteiger partial charge on any atom is -0.396 e. The van der Waals surface area contributed by atoms with E-state index in [1.54, 1.807) is 0 Å². The first-order valence-electron chi connectivity index (χ1n) is 5.39. The van der Waals surface area contributed by atoms with Gasteiger partial charge in [0.1, 0.15) is 0 Å². The van der Waals surface area contributed by atoms with Gasteiger partial charge in [0.15, 0.2) is 0 Å². The third kappa shape index (κ3) is 2.05. The fourth-order valence-corrected chi connectivity index (χ4v) is 2.40. The predicted molar refractivity (Wildman–Crippen MR) is 53.6 cm³/mol. The fourth-order valence-electron chi connectivity index (χ4n) is 2.40. The zero-order valence-corrected chi connectivity index (χ0v) is 8.84. The average Bonchev–Trinajstić information content (AvgIpc) is 2.69. The van der Waals surface area contributed by atoms with Crippen molar-refractivity contribution in [2.45, 2.75) is 33.1 Å². The molecule has 1 saturated carbocycles. The van der Waals surface area contributed by atoms with Crippen LogP contribution in [-0.4, -0.2) is 36.2 Å². The molecule has 2 nitrogen and oxygen atoms in total. The van der Waals surface area contributed by atoms with Gasteiger partial charge in [-0.25, -0.2) is 0 Å². The molecule has 1 saturated heterocycles. The van der Waals surface area contributed by atoms with Gasteiger partial charge >= 0.3 is 0 Å². The Morgan fingerprint density at radius 3 is 2.46 bits per heavy atom. The summed E-state index contributed by atoms with van der Waals surface area (Å²) in [4.78, 5) is 2.53. The summed E-state index contributed by atoms with van der Waals surface area (Å²) < 4.78 is 0. The SMILES string of the molecule is CC(C)(CO)CN1CCC2(CC2)C1. The van der Waals surface area contributed by atoms with Crippen molar-refractivity contribution in [2.75, 3.05) is 26.2 Å². The second kappa shape index (κ2) is 2.96. The van der Waals surface area contributed by atoms with Crippen molar-refractivity contribution >= 4 is 0 Å². The molecule has 0 aromatic heterocycles. The second-order valence-corrected chi connectivity index (χ2v) is 5.78. The molecule has 0 unspecified atom stereocenters. The van der Waals surface area contributed by atoms with Crippen molar-refractivity contribution in [3.63, 3.8) is 0 Å².